The Morgan fingerprint density at radius 1 is 1.26 bits per heavy atom. The maximum atomic E-state index is 14.3. The van der Waals surface area contributed by atoms with E-state index in [0.29, 0.717) is 0 Å². The van der Waals surface area contributed by atoms with E-state index in [9.17, 15) is 26.7 Å². The number of rotatable bonds is 7. The number of nitrogens with zero attached hydrogens (tertiary/aromatic N) is 4. The zero-order valence-electron chi connectivity index (χ0n) is 23.2. The maximum Gasteiger partial charge on any atom is 0.417 e. The first kappa shape index (κ1) is 31.2. The van der Waals surface area contributed by atoms with Gasteiger partial charge in [-0.2, -0.15) is 18.2 Å². The van der Waals surface area contributed by atoms with Crippen molar-refractivity contribution in [3.05, 3.63) is 40.9 Å². The Bertz CT molecular complexity index is 1520. The maximum absolute atomic E-state index is 14.3. The van der Waals surface area contributed by atoms with Crippen molar-refractivity contribution in [2.75, 3.05) is 35.6 Å². The van der Waals surface area contributed by atoms with Crippen LogP contribution in [-0.2, 0) is 22.2 Å². The molecule has 0 bridgehead atoms. The number of ether oxygens (including phenoxy) is 2. The van der Waals surface area contributed by atoms with Crippen molar-refractivity contribution in [2.45, 2.75) is 45.0 Å². The molecule has 1 unspecified atom stereocenters. The third-order valence-corrected chi connectivity index (χ3v) is 7.45. The van der Waals surface area contributed by atoms with Gasteiger partial charge in [0.15, 0.2) is 0 Å². The molecular formula is C25H29ClF3N7O5S. The quantitative estimate of drug-likeness (QED) is 0.249. The summed E-state index contributed by atoms with van der Waals surface area (Å²) in [6, 6.07) is 6.11. The van der Waals surface area contributed by atoms with Gasteiger partial charge >= 0.3 is 12.3 Å². The molecule has 3 aromatic rings. The lowest BCUT2D eigenvalue weighted by atomic mass is 9.91. The van der Waals surface area contributed by atoms with Crippen LogP contribution in [0, 0.1) is 0 Å². The summed E-state index contributed by atoms with van der Waals surface area (Å²) in [6.07, 6.45) is -5.45. The van der Waals surface area contributed by atoms with Crippen molar-refractivity contribution in [2.24, 2.45) is 0 Å². The molecule has 1 atom stereocenters. The number of hydrogen-bond acceptors (Lipinski definition) is 8. The fourth-order valence-electron chi connectivity index (χ4n) is 4.58. The lowest BCUT2D eigenvalue weighted by molar-refractivity contribution is -0.137. The molecule has 1 amide bonds. The molecule has 2 aromatic carbocycles. The number of hydrogen-bond donors (Lipinski definition) is 4. The summed E-state index contributed by atoms with van der Waals surface area (Å²) in [5.74, 6) is 0.0110. The average Bonchev–Trinajstić information content (AvgIpc) is 3.24. The van der Waals surface area contributed by atoms with Gasteiger partial charge in [-0.3, -0.25) is 8.86 Å². The van der Waals surface area contributed by atoms with E-state index in [0.717, 1.165) is 10.4 Å². The van der Waals surface area contributed by atoms with Crippen LogP contribution in [0.2, 0.25) is 5.02 Å². The van der Waals surface area contributed by atoms with Gasteiger partial charge in [-0.05, 0) is 57.5 Å². The standard InChI is InChI=1S/C25H29ClF3N7O5S/c1-23(2,3)41-22(37)35-11-24(4,12-35)36(42(38)39)17-8-13(6-7-18(17)40-5)19-15(25(27,28)29)9-14(10-16(19)26)31-21-32-20(30)33-34-21/h6-10H,11-12H2,1-5H3,(H,38,39)(H4,30,31,32,33,34). The van der Waals surface area contributed by atoms with Crippen LogP contribution in [0.15, 0.2) is 30.3 Å². The van der Waals surface area contributed by atoms with Crippen LogP contribution in [-0.4, -0.2) is 66.3 Å². The number of likely N-dealkylation sites (tertiary alicyclic amines) is 1. The van der Waals surface area contributed by atoms with Crippen LogP contribution in [0.3, 0.4) is 0 Å². The predicted molar refractivity (Wildman–Crippen MR) is 152 cm³/mol. The number of alkyl halides is 3. The second kappa shape index (κ2) is 11.1. The first-order valence-corrected chi connectivity index (χ1v) is 13.8. The van der Waals surface area contributed by atoms with E-state index in [1.807, 2.05) is 0 Å². The van der Waals surface area contributed by atoms with Crippen molar-refractivity contribution in [3.8, 4) is 16.9 Å². The summed E-state index contributed by atoms with van der Waals surface area (Å²) in [6.45, 7) is 6.77. The minimum atomic E-state index is -4.85. The fraction of sp³-hybridized carbons (Fsp3) is 0.400. The third kappa shape index (κ3) is 6.50. The van der Waals surface area contributed by atoms with Crippen LogP contribution in [0.5, 0.6) is 5.75 Å². The first-order valence-electron chi connectivity index (χ1n) is 12.3. The number of halogens is 4. The number of nitrogen functional groups attached to an aromatic ring is 1. The highest BCUT2D eigenvalue weighted by Crippen LogP contribution is 2.46. The monoisotopic (exact) mass is 631 g/mol. The first-order chi connectivity index (χ1) is 19.4. The third-order valence-electron chi connectivity index (χ3n) is 6.20. The highest BCUT2D eigenvalue weighted by Gasteiger charge is 2.50. The number of benzene rings is 2. The smallest absolute Gasteiger partial charge is 0.417 e. The second-order valence-corrected chi connectivity index (χ2v) is 12.0. The highest BCUT2D eigenvalue weighted by molar-refractivity contribution is 7.80. The molecule has 1 aliphatic rings. The van der Waals surface area contributed by atoms with Gasteiger partial charge in [0.2, 0.25) is 11.9 Å². The molecule has 1 fully saturated rings. The number of nitrogens with two attached hydrogens (primary N) is 1. The van der Waals surface area contributed by atoms with E-state index in [4.69, 9.17) is 26.8 Å². The van der Waals surface area contributed by atoms with Gasteiger partial charge in [0.25, 0.3) is 11.3 Å². The molecular weight excluding hydrogens is 603 g/mol. The molecule has 0 radical (unpaired) electrons. The number of anilines is 4. The summed E-state index contributed by atoms with van der Waals surface area (Å²) in [5.41, 5.74) is 2.16. The molecule has 1 aliphatic heterocycles. The highest BCUT2D eigenvalue weighted by atomic mass is 35.5. The van der Waals surface area contributed by atoms with Gasteiger partial charge in [-0.15, -0.1) is 5.10 Å². The topological polar surface area (TPSA) is 159 Å². The zero-order valence-corrected chi connectivity index (χ0v) is 24.7. The number of methoxy groups -OCH3 is 1. The number of nitrogens with one attached hydrogen (secondary N) is 2. The van der Waals surface area contributed by atoms with Gasteiger partial charge in [-0.1, -0.05) is 17.7 Å². The normalized spacial score (nSPS) is 15.5. The molecule has 4 rings (SSSR count). The van der Waals surface area contributed by atoms with Gasteiger partial charge < -0.3 is 25.4 Å². The molecule has 5 N–H and O–H groups in total. The summed E-state index contributed by atoms with van der Waals surface area (Å²) in [7, 11) is 1.32. The van der Waals surface area contributed by atoms with Gasteiger partial charge in [0, 0.05) is 24.3 Å². The number of H-pyrrole nitrogens is 1. The lowest BCUT2D eigenvalue weighted by Gasteiger charge is -2.52. The number of carbonyl (C=O) groups excluding carboxylic acids is 1. The van der Waals surface area contributed by atoms with E-state index < -0.39 is 40.2 Å². The molecule has 17 heteroatoms. The Hall–Kier alpha value is -3.76. The van der Waals surface area contributed by atoms with E-state index in [1.165, 1.54) is 36.3 Å². The van der Waals surface area contributed by atoms with Crippen LogP contribution >= 0.6 is 11.6 Å². The molecule has 12 nitrogen and oxygen atoms in total. The van der Waals surface area contributed by atoms with Crippen LogP contribution in [0.25, 0.3) is 11.1 Å². The number of carbonyl (C=O) groups is 1. The number of aromatic amines is 1. The fourth-order valence-corrected chi connectivity index (χ4v) is 5.71. The lowest BCUT2D eigenvalue weighted by Crippen LogP contribution is -2.70. The molecule has 0 aliphatic carbocycles. The van der Waals surface area contributed by atoms with Crippen molar-refractivity contribution >= 4 is 52.2 Å². The summed E-state index contributed by atoms with van der Waals surface area (Å²) in [5, 5.41) is 8.47. The van der Waals surface area contributed by atoms with Gasteiger partial charge in [0.05, 0.1) is 28.9 Å². The molecule has 2 heterocycles. The van der Waals surface area contributed by atoms with E-state index >= 15 is 0 Å². The van der Waals surface area contributed by atoms with Crippen LogP contribution in [0.1, 0.15) is 33.3 Å². The van der Waals surface area contributed by atoms with Crippen molar-refractivity contribution in [1.82, 2.24) is 20.1 Å². The van der Waals surface area contributed by atoms with E-state index in [2.05, 4.69) is 20.5 Å². The molecule has 228 valence electrons. The van der Waals surface area contributed by atoms with Crippen molar-refractivity contribution < 1.29 is 36.2 Å². The van der Waals surface area contributed by atoms with Crippen LogP contribution in [0.4, 0.5) is 41.2 Å². The largest absolute Gasteiger partial charge is 0.495 e. The molecule has 1 aromatic heterocycles. The van der Waals surface area contributed by atoms with Crippen molar-refractivity contribution in [3.63, 3.8) is 0 Å². The molecule has 42 heavy (non-hydrogen) atoms. The SMILES string of the molecule is COc1ccc(-c2c(Cl)cc(Nc3n[nH]c(N)n3)cc2C(F)(F)F)cc1N(S(=O)O)C1(C)CN(C(=O)OC(C)(C)C)C1. The Kier molecular flexibility index (Phi) is 8.28. The van der Waals surface area contributed by atoms with E-state index in [1.54, 1.807) is 27.7 Å². The van der Waals surface area contributed by atoms with Gasteiger partial charge in [-0.25, -0.2) is 14.1 Å². The number of aromatic nitrogens is 3. The predicted octanol–water partition coefficient (Wildman–Crippen LogP) is 5.43. The summed E-state index contributed by atoms with van der Waals surface area (Å²) in [4.78, 5) is 17.7. The Labute approximate surface area is 246 Å². The Balaban J connectivity index is 1.76. The second-order valence-electron chi connectivity index (χ2n) is 10.8. The average molecular weight is 632 g/mol. The Morgan fingerprint density at radius 3 is 2.45 bits per heavy atom. The minimum absolute atomic E-state index is 0.000754. The molecule has 0 spiro atoms. The van der Waals surface area contributed by atoms with Crippen molar-refractivity contribution in [1.29, 1.82) is 0 Å². The molecule has 0 saturated carbocycles. The zero-order chi connectivity index (χ0) is 31.2. The summed E-state index contributed by atoms with van der Waals surface area (Å²) < 4.78 is 77.9. The minimum Gasteiger partial charge on any atom is -0.495 e. The molecule has 1 saturated heterocycles. The Morgan fingerprint density at radius 2 is 1.93 bits per heavy atom. The van der Waals surface area contributed by atoms with E-state index in [-0.39, 0.29) is 58.3 Å². The summed E-state index contributed by atoms with van der Waals surface area (Å²) >= 11 is 3.76. The number of amides is 1. The van der Waals surface area contributed by atoms with Gasteiger partial charge in [0.1, 0.15) is 11.4 Å². The van der Waals surface area contributed by atoms with Crippen LogP contribution < -0.4 is 20.1 Å².